The van der Waals surface area contributed by atoms with Gasteiger partial charge in [0.15, 0.2) is 0 Å². The van der Waals surface area contributed by atoms with E-state index < -0.39 is 0 Å². The molecule has 0 amide bonds. The van der Waals surface area contributed by atoms with Gasteiger partial charge in [-0.3, -0.25) is 0 Å². The number of hydrogen-bond donors (Lipinski definition) is 2. The molecule has 0 saturated heterocycles. The Bertz CT molecular complexity index is 352. The van der Waals surface area contributed by atoms with Crippen molar-refractivity contribution in [3.05, 3.63) is 29.8 Å². The van der Waals surface area contributed by atoms with Crippen molar-refractivity contribution in [2.24, 2.45) is 0 Å². The third-order valence-electron chi connectivity index (χ3n) is 2.95. The Balaban J connectivity index is 2.27. The molecule has 1 aromatic rings. The lowest BCUT2D eigenvalue weighted by molar-refractivity contribution is 0.199. The van der Waals surface area contributed by atoms with Gasteiger partial charge in [0.2, 0.25) is 0 Å². The summed E-state index contributed by atoms with van der Waals surface area (Å²) in [6.07, 6.45) is -0.293. The first-order valence-corrected chi connectivity index (χ1v) is 5.91. The van der Waals surface area contributed by atoms with Gasteiger partial charge in [0.1, 0.15) is 0 Å². The van der Waals surface area contributed by atoms with Crippen LogP contribution in [0.15, 0.2) is 24.3 Å². The van der Waals surface area contributed by atoms with Crippen molar-refractivity contribution < 1.29 is 5.11 Å². The van der Waals surface area contributed by atoms with Crippen molar-refractivity contribution in [3.63, 3.8) is 0 Å². The molecular weight excluding hydrogens is 200 g/mol. The number of β-amino-alcohol motifs (C(OH)–C–C–N with tert-alkyl or cyclic N) is 1. The molecule has 1 unspecified atom stereocenters. The number of nitrogens with zero attached hydrogens (tertiary/aromatic N) is 1. The topological polar surface area (TPSA) is 35.5 Å². The highest BCUT2D eigenvalue weighted by Crippen LogP contribution is 2.23. The van der Waals surface area contributed by atoms with E-state index >= 15 is 0 Å². The van der Waals surface area contributed by atoms with Gasteiger partial charge in [-0.15, -0.1) is 0 Å². The molecule has 1 heterocycles. The van der Waals surface area contributed by atoms with Crippen molar-refractivity contribution in [1.29, 1.82) is 0 Å². The maximum Gasteiger partial charge on any atom is 0.0687 e. The lowest BCUT2D eigenvalue weighted by Gasteiger charge is -2.27. The first kappa shape index (κ1) is 11.4. The monoisotopic (exact) mass is 220 g/mol. The van der Waals surface area contributed by atoms with Crippen molar-refractivity contribution in [1.82, 2.24) is 5.32 Å². The minimum absolute atomic E-state index is 0.293. The standard InChI is InChI=1S/C13H20N2O/c1-10-8-15(9-11(2)16)13-6-4-3-5-12(13)7-14-10/h3-6,10-11,14,16H,7-9H2,1-2H3/t10?,11-/m1/s1. The van der Waals surface area contributed by atoms with Crippen molar-refractivity contribution in [3.8, 4) is 0 Å². The van der Waals surface area contributed by atoms with E-state index in [1.54, 1.807) is 0 Å². The van der Waals surface area contributed by atoms with Crippen LogP contribution in [0.3, 0.4) is 0 Å². The largest absolute Gasteiger partial charge is 0.392 e. The van der Waals surface area contributed by atoms with E-state index in [0.717, 1.165) is 13.1 Å². The lowest BCUT2D eigenvalue weighted by Crippen LogP contribution is -2.39. The van der Waals surface area contributed by atoms with Gasteiger partial charge in [0.25, 0.3) is 0 Å². The maximum atomic E-state index is 9.55. The molecule has 88 valence electrons. The molecule has 2 atom stereocenters. The first-order valence-electron chi connectivity index (χ1n) is 5.91. The highest BCUT2D eigenvalue weighted by molar-refractivity contribution is 5.54. The fourth-order valence-corrected chi connectivity index (χ4v) is 2.24. The van der Waals surface area contributed by atoms with Crippen LogP contribution in [0.4, 0.5) is 5.69 Å². The van der Waals surface area contributed by atoms with E-state index in [1.165, 1.54) is 11.3 Å². The summed E-state index contributed by atoms with van der Waals surface area (Å²) in [6, 6.07) is 8.86. The van der Waals surface area contributed by atoms with Crippen LogP contribution in [0.25, 0.3) is 0 Å². The van der Waals surface area contributed by atoms with E-state index in [-0.39, 0.29) is 6.10 Å². The fourth-order valence-electron chi connectivity index (χ4n) is 2.24. The Labute approximate surface area is 97.1 Å². The zero-order chi connectivity index (χ0) is 11.5. The molecule has 1 aromatic carbocycles. The number of benzene rings is 1. The molecule has 2 N–H and O–H groups in total. The second-order valence-electron chi connectivity index (χ2n) is 4.66. The fraction of sp³-hybridized carbons (Fsp3) is 0.538. The molecule has 0 fully saturated rings. The second-order valence-corrected chi connectivity index (χ2v) is 4.66. The Morgan fingerprint density at radius 2 is 2.25 bits per heavy atom. The number of aliphatic hydroxyl groups is 1. The lowest BCUT2D eigenvalue weighted by atomic mass is 10.1. The van der Waals surface area contributed by atoms with Gasteiger partial charge >= 0.3 is 0 Å². The minimum atomic E-state index is -0.293. The maximum absolute atomic E-state index is 9.55. The quantitative estimate of drug-likeness (QED) is 0.790. The highest BCUT2D eigenvalue weighted by Gasteiger charge is 2.19. The molecule has 3 heteroatoms. The van der Waals surface area contributed by atoms with Gasteiger partial charge in [-0.05, 0) is 25.5 Å². The number of anilines is 1. The zero-order valence-electron chi connectivity index (χ0n) is 9.98. The SMILES string of the molecule is CC1CN(C[C@@H](C)O)c2ccccc2CN1. The summed E-state index contributed by atoms with van der Waals surface area (Å²) >= 11 is 0. The summed E-state index contributed by atoms with van der Waals surface area (Å²) < 4.78 is 0. The Morgan fingerprint density at radius 1 is 1.50 bits per heavy atom. The molecule has 0 saturated carbocycles. The van der Waals surface area contributed by atoms with Crippen LogP contribution in [0, 0.1) is 0 Å². The summed E-state index contributed by atoms with van der Waals surface area (Å²) in [5.41, 5.74) is 2.56. The van der Waals surface area contributed by atoms with E-state index in [4.69, 9.17) is 0 Å². The molecule has 0 aliphatic carbocycles. The third kappa shape index (κ3) is 2.54. The number of hydrogen-bond acceptors (Lipinski definition) is 3. The van der Waals surface area contributed by atoms with Gasteiger partial charge in [-0.2, -0.15) is 0 Å². The van der Waals surface area contributed by atoms with Gasteiger partial charge in [0, 0.05) is 31.4 Å². The normalized spacial score (nSPS) is 22.4. The van der Waals surface area contributed by atoms with E-state index in [0.29, 0.717) is 12.6 Å². The summed E-state index contributed by atoms with van der Waals surface area (Å²) in [4.78, 5) is 2.27. The molecule has 3 nitrogen and oxygen atoms in total. The van der Waals surface area contributed by atoms with E-state index in [1.807, 2.05) is 6.92 Å². The summed E-state index contributed by atoms with van der Waals surface area (Å²) in [6.45, 7) is 6.57. The summed E-state index contributed by atoms with van der Waals surface area (Å²) in [5.74, 6) is 0. The minimum Gasteiger partial charge on any atom is -0.392 e. The molecular formula is C13H20N2O. The van der Waals surface area contributed by atoms with Crippen LogP contribution in [0.5, 0.6) is 0 Å². The Morgan fingerprint density at radius 3 is 3.00 bits per heavy atom. The zero-order valence-corrected chi connectivity index (χ0v) is 9.98. The number of fused-ring (bicyclic) bond motifs is 1. The average Bonchev–Trinajstić information content (AvgIpc) is 2.39. The number of aliphatic hydroxyl groups excluding tert-OH is 1. The molecule has 2 rings (SSSR count). The van der Waals surface area contributed by atoms with Gasteiger partial charge in [-0.1, -0.05) is 18.2 Å². The Hall–Kier alpha value is -1.06. The van der Waals surface area contributed by atoms with Gasteiger partial charge < -0.3 is 15.3 Å². The first-order chi connectivity index (χ1) is 7.66. The molecule has 0 radical (unpaired) electrons. The number of rotatable bonds is 2. The second kappa shape index (κ2) is 4.85. The average molecular weight is 220 g/mol. The predicted octanol–water partition coefficient (Wildman–Crippen LogP) is 1.37. The third-order valence-corrected chi connectivity index (χ3v) is 2.95. The predicted molar refractivity (Wildman–Crippen MR) is 66.6 cm³/mol. The molecule has 0 spiro atoms. The van der Waals surface area contributed by atoms with Crippen molar-refractivity contribution in [2.45, 2.75) is 32.5 Å². The Kier molecular flexibility index (Phi) is 3.46. The van der Waals surface area contributed by atoms with Crippen LogP contribution in [0.2, 0.25) is 0 Å². The number of nitrogens with one attached hydrogen (secondary N) is 1. The molecule has 16 heavy (non-hydrogen) atoms. The summed E-state index contributed by atoms with van der Waals surface area (Å²) in [5, 5.41) is 13.0. The molecule has 0 aromatic heterocycles. The smallest absolute Gasteiger partial charge is 0.0687 e. The van der Waals surface area contributed by atoms with Gasteiger partial charge in [0.05, 0.1) is 6.10 Å². The molecule has 1 aliphatic rings. The van der Waals surface area contributed by atoms with E-state index in [9.17, 15) is 5.11 Å². The van der Waals surface area contributed by atoms with Crippen LogP contribution >= 0.6 is 0 Å². The molecule has 1 aliphatic heterocycles. The van der Waals surface area contributed by atoms with E-state index in [2.05, 4.69) is 41.4 Å². The van der Waals surface area contributed by atoms with Crippen LogP contribution in [0.1, 0.15) is 19.4 Å². The summed E-state index contributed by atoms with van der Waals surface area (Å²) in [7, 11) is 0. The van der Waals surface area contributed by atoms with Crippen LogP contribution in [-0.4, -0.2) is 30.3 Å². The molecule has 0 bridgehead atoms. The van der Waals surface area contributed by atoms with Crippen LogP contribution < -0.4 is 10.2 Å². The van der Waals surface area contributed by atoms with Gasteiger partial charge in [-0.25, -0.2) is 0 Å². The highest BCUT2D eigenvalue weighted by atomic mass is 16.3. The van der Waals surface area contributed by atoms with Crippen LogP contribution in [-0.2, 0) is 6.54 Å². The van der Waals surface area contributed by atoms with Crippen molar-refractivity contribution >= 4 is 5.69 Å². The number of para-hydroxylation sites is 1. The van der Waals surface area contributed by atoms with Crippen molar-refractivity contribution in [2.75, 3.05) is 18.0 Å².